The molecule has 146 valence electrons. The minimum absolute atomic E-state index is 0.0801. The number of benzene rings is 2. The topological polar surface area (TPSA) is 84.9 Å². The standard InChI is InChI=1S/C21H22N2O5/c1-13(24)14-5-4-6-16(9-14)22-21(26)15-10-20(25)23(12-15)18-11-17(27-2)7-8-19(18)28-3/h4-9,11,15H,10,12H2,1-3H3,(H,22,26). The fourth-order valence-electron chi connectivity index (χ4n) is 3.18. The first kappa shape index (κ1) is 19.4. The molecular weight excluding hydrogens is 360 g/mol. The van der Waals surface area contributed by atoms with Crippen LogP contribution >= 0.6 is 0 Å². The van der Waals surface area contributed by atoms with Crippen LogP contribution in [0.2, 0.25) is 0 Å². The second-order valence-corrected chi connectivity index (χ2v) is 6.57. The van der Waals surface area contributed by atoms with Crippen molar-refractivity contribution in [3.8, 4) is 11.5 Å². The zero-order chi connectivity index (χ0) is 20.3. The lowest BCUT2D eigenvalue weighted by molar-refractivity contribution is -0.122. The van der Waals surface area contributed by atoms with E-state index in [2.05, 4.69) is 5.32 Å². The SMILES string of the molecule is COc1ccc(OC)c(N2CC(C(=O)Nc3cccc(C(C)=O)c3)CC2=O)c1. The second-order valence-electron chi connectivity index (χ2n) is 6.57. The molecule has 1 N–H and O–H groups in total. The first-order valence-electron chi connectivity index (χ1n) is 8.87. The van der Waals surface area contributed by atoms with Crippen molar-refractivity contribution < 1.29 is 23.9 Å². The molecule has 1 unspecified atom stereocenters. The Morgan fingerprint density at radius 1 is 1.11 bits per heavy atom. The van der Waals surface area contributed by atoms with Crippen molar-refractivity contribution in [3.05, 3.63) is 48.0 Å². The highest BCUT2D eigenvalue weighted by molar-refractivity contribution is 6.04. The molecular formula is C21H22N2O5. The molecule has 0 aliphatic carbocycles. The largest absolute Gasteiger partial charge is 0.497 e. The van der Waals surface area contributed by atoms with Crippen molar-refractivity contribution in [1.82, 2.24) is 0 Å². The van der Waals surface area contributed by atoms with E-state index in [-0.39, 0.29) is 30.6 Å². The summed E-state index contributed by atoms with van der Waals surface area (Å²) in [6.45, 7) is 1.70. The summed E-state index contributed by atoms with van der Waals surface area (Å²) >= 11 is 0. The van der Waals surface area contributed by atoms with Gasteiger partial charge in [0.25, 0.3) is 0 Å². The molecule has 2 aromatic carbocycles. The number of hydrogen-bond donors (Lipinski definition) is 1. The first-order chi connectivity index (χ1) is 13.4. The molecule has 3 rings (SSSR count). The number of ether oxygens (including phenoxy) is 2. The van der Waals surface area contributed by atoms with Crippen molar-refractivity contribution in [2.45, 2.75) is 13.3 Å². The van der Waals surface area contributed by atoms with Crippen LogP contribution in [0.4, 0.5) is 11.4 Å². The van der Waals surface area contributed by atoms with Crippen molar-refractivity contribution in [2.24, 2.45) is 5.92 Å². The number of carbonyl (C=O) groups is 3. The Morgan fingerprint density at radius 2 is 1.89 bits per heavy atom. The third-order valence-corrected chi connectivity index (χ3v) is 4.71. The number of nitrogens with zero attached hydrogens (tertiary/aromatic N) is 1. The van der Waals surface area contributed by atoms with E-state index in [1.807, 2.05) is 0 Å². The minimum atomic E-state index is -0.510. The second kappa shape index (κ2) is 8.12. The van der Waals surface area contributed by atoms with Crippen molar-refractivity contribution >= 4 is 29.0 Å². The summed E-state index contributed by atoms with van der Waals surface area (Å²) in [6, 6.07) is 11.9. The van der Waals surface area contributed by atoms with E-state index >= 15 is 0 Å². The van der Waals surface area contributed by atoms with E-state index in [1.165, 1.54) is 18.9 Å². The maximum Gasteiger partial charge on any atom is 0.229 e. The van der Waals surface area contributed by atoms with E-state index in [0.717, 1.165) is 0 Å². The van der Waals surface area contributed by atoms with Crippen molar-refractivity contribution in [2.75, 3.05) is 31.0 Å². The summed E-state index contributed by atoms with van der Waals surface area (Å²) in [5.41, 5.74) is 1.62. The predicted molar refractivity (Wildman–Crippen MR) is 105 cm³/mol. The minimum Gasteiger partial charge on any atom is -0.497 e. The highest BCUT2D eigenvalue weighted by Crippen LogP contribution is 2.36. The number of amides is 2. The number of rotatable bonds is 6. The van der Waals surface area contributed by atoms with E-state index in [0.29, 0.717) is 28.4 Å². The average Bonchev–Trinajstić information content (AvgIpc) is 3.09. The van der Waals surface area contributed by atoms with Crippen LogP contribution in [-0.2, 0) is 9.59 Å². The van der Waals surface area contributed by atoms with Gasteiger partial charge in [0.1, 0.15) is 11.5 Å². The van der Waals surface area contributed by atoms with Crippen LogP contribution < -0.4 is 19.7 Å². The maximum absolute atomic E-state index is 12.7. The van der Waals surface area contributed by atoms with E-state index in [9.17, 15) is 14.4 Å². The van der Waals surface area contributed by atoms with Crippen molar-refractivity contribution in [1.29, 1.82) is 0 Å². The lowest BCUT2D eigenvalue weighted by Gasteiger charge is -2.20. The summed E-state index contributed by atoms with van der Waals surface area (Å²) in [4.78, 5) is 38.3. The molecule has 0 spiro atoms. The van der Waals surface area contributed by atoms with Crippen molar-refractivity contribution in [3.63, 3.8) is 0 Å². The molecule has 2 amide bonds. The van der Waals surface area contributed by atoms with Crippen LogP contribution in [0.1, 0.15) is 23.7 Å². The Labute approximate surface area is 163 Å². The highest BCUT2D eigenvalue weighted by Gasteiger charge is 2.36. The highest BCUT2D eigenvalue weighted by atomic mass is 16.5. The van der Waals surface area contributed by atoms with Gasteiger partial charge in [-0.05, 0) is 31.2 Å². The Balaban J connectivity index is 1.76. The van der Waals surface area contributed by atoms with Gasteiger partial charge in [0, 0.05) is 30.3 Å². The molecule has 1 atom stereocenters. The van der Waals surface area contributed by atoms with Gasteiger partial charge in [0.15, 0.2) is 5.78 Å². The Kier molecular flexibility index (Phi) is 5.63. The summed E-state index contributed by atoms with van der Waals surface area (Å²) in [5.74, 6) is 0.109. The van der Waals surface area contributed by atoms with Gasteiger partial charge in [-0.3, -0.25) is 14.4 Å². The average molecular weight is 382 g/mol. The monoisotopic (exact) mass is 382 g/mol. The molecule has 1 saturated heterocycles. The maximum atomic E-state index is 12.7. The number of methoxy groups -OCH3 is 2. The molecule has 7 heteroatoms. The Morgan fingerprint density at radius 3 is 2.57 bits per heavy atom. The van der Waals surface area contributed by atoms with Crippen LogP contribution in [0, 0.1) is 5.92 Å². The lowest BCUT2D eigenvalue weighted by atomic mass is 10.1. The zero-order valence-corrected chi connectivity index (χ0v) is 16.0. The number of anilines is 2. The van der Waals surface area contributed by atoms with E-state index in [4.69, 9.17) is 9.47 Å². The normalized spacial score (nSPS) is 16.0. The quantitative estimate of drug-likeness (QED) is 0.777. The van der Waals surface area contributed by atoms with Crippen LogP contribution in [0.25, 0.3) is 0 Å². The third kappa shape index (κ3) is 3.98. The molecule has 1 aliphatic heterocycles. The summed E-state index contributed by atoms with van der Waals surface area (Å²) in [5, 5.41) is 2.80. The van der Waals surface area contributed by atoms with E-state index in [1.54, 1.807) is 49.6 Å². The van der Waals surface area contributed by atoms with Gasteiger partial charge in [-0.25, -0.2) is 0 Å². The molecule has 0 aromatic heterocycles. The van der Waals surface area contributed by atoms with Crippen LogP contribution in [0.15, 0.2) is 42.5 Å². The number of carbonyl (C=O) groups excluding carboxylic acids is 3. The zero-order valence-electron chi connectivity index (χ0n) is 16.0. The van der Waals surface area contributed by atoms with Crippen LogP contribution in [-0.4, -0.2) is 38.4 Å². The summed E-state index contributed by atoms with van der Waals surface area (Å²) < 4.78 is 10.6. The molecule has 0 saturated carbocycles. The molecule has 28 heavy (non-hydrogen) atoms. The number of nitrogens with one attached hydrogen (secondary N) is 1. The van der Waals surface area contributed by atoms with Gasteiger partial charge < -0.3 is 19.7 Å². The molecule has 7 nitrogen and oxygen atoms in total. The summed E-state index contributed by atoms with van der Waals surface area (Å²) in [7, 11) is 3.07. The van der Waals surface area contributed by atoms with Crippen LogP contribution in [0.5, 0.6) is 11.5 Å². The predicted octanol–water partition coefficient (Wildman–Crippen LogP) is 2.90. The van der Waals surface area contributed by atoms with Gasteiger partial charge in [-0.15, -0.1) is 0 Å². The Hall–Kier alpha value is -3.35. The fraction of sp³-hybridized carbons (Fsp3) is 0.286. The van der Waals surface area contributed by atoms with Gasteiger partial charge in [-0.2, -0.15) is 0 Å². The van der Waals surface area contributed by atoms with Gasteiger partial charge >= 0.3 is 0 Å². The third-order valence-electron chi connectivity index (χ3n) is 4.71. The number of hydrogen-bond acceptors (Lipinski definition) is 5. The Bertz CT molecular complexity index is 925. The van der Waals surface area contributed by atoms with Gasteiger partial charge in [-0.1, -0.05) is 12.1 Å². The van der Waals surface area contributed by atoms with Gasteiger partial charge in [0.05, 0.1) is 25.8 Å². The molecule has 0 bridgehead atoms. The van der Waals surface area contributed by atoms with Crippen LogP contribution in [0.3, 0.4) is 0 Å². The van der Waals surface area contributed by atoms with Gasteiger partial charge in [0.2, 0.25) is 11.8 Å². The summed E-state index contributed by atoms with van der Waals surface area (Å²) in [6.07, 6.45) is 0.0958. The van der Waals surface area contributed by atoms with E-state index < -0.39 is 5.92 Å². The smallest absolute Gasteiger partial charge is 0.229 e. The molecule has 1 heterocycles. The number of Topliss-reactive ketones (excluding diaryl/α,β-unsaturated/α-hetero) is 1. The first-order valence-corrected chi connectivity index (χ1v) is 8.87. The molecule has 1 aliphatic rings. The number of ketones is 1. The fourth-order valence-corrected chi connectivity index (χ4v) is 3.18. The molecule has 1 fully saturated rings. The molecule has 0 radical (unpaired) electrons. The molecule has 2 aromatic rings. The lowest BCUT2D eigenvalue weighted by Crippen LogP contribution is -2.28.